The number of benzene rings is 1. The molecule has 22 heavy (non-hydrogen) atoms. The van der Waals surface area contributed by atoms with Gasteiger partial charge in [0.1, 0.15) is 5.82 Å². The standard InChI is InChI=1S/C17H20FNO3/c18-13-4-1-3-12(9-13)11-19(14-5-6-14)15(20)10-17(16(21)22)7-2-8-17/h1,3-4,9,14H,2,5-8,10-11H2,(H,21,22). The highest BCUT2D eigenvalue weighted by molar-refractivity contribution is 5.86. The van der Waals surface area contributed by atoms with Gasteiger partial charge in [0, 0.05) is 19.0 Å². The first kappa shape index (κ1) is 15.0. The number of halogens is 1. The number of rotatable bonds is 6. The van der Waals surface area contributed by atoms with E-state index in [9.17, 15) is 19.1 Å². The Morgan fingerprint density at radius 3 is 2.55 bits per heavy atom. The maximum atomic E-state index is 13.3. The predicted octanol–water partition coefficient (Wildman–Crippen LogP) is 2.96. The topological polar surface area (TPSA) is 57.6 Å². The van der Waals surface area contributed by atoms with E-state index < -0.39 is 11.4 Å². The van der Waals surface area contributed by atoms with Crippen molar-refractivity contribution < 1.29 is 19.1 Å². The molecule has 1 amide bonds. The van der Waals surface area contributed by atoms with Gasteiger partial charge in [-0.1, -0.05) is 18.6 Å². The molecule has 0 aliphatic heterocycles. The first-order valence-electron chi connectivity index (χ1n) is 7.77. The van der Waals surface area contributed by atoms with Crippen molar-refractivity contribution >= 4 is 11.9 Å². The summed E-state index contributed by atoms with van der Waals surface area (Å²) in [5, 5.41) is 9.37. The third-order valence-electron chi connectivity index (χ3n) is 4.80. The molecule has 0 saturated heterocycles. The van der Waals surface area contributed by atoms with Crippen LogP contribution in [-0.4, -0.2) is 27.9 Å². The molecule has 4 nitrogen and oxygen atoms in total. The van der Waals surface area contributed by atoms with E-state index in [0.29, 0.717) is 19.4 Å². The van der Waals surface area contributed by atoms with Gasteiger partial charge in [0.2, 0.25) is 5.91 Å². The Hall–Kier alpha value is -1.91. The minimum atomic E-state index is -0.869. The molecule has 1 N–H and O–H groups in total. The summed E-state index contributed by atoms with van der Waals surface area (Å²) < 4.78 is 13.3. The van der Waals surface area contributed by atoms with Gasteiger partial charge in [0.05, 0.1) is 5.41 Å². The zero-order chi connectivity index (χ0) is 15.7. The second kappa shape index (κ2) is 5.71. The summed E-state index contributed by atoms with van der Waals surface area (Å²) in [4.78, 5) is 25.8. The fraction of sp³-hybridized carbons (Fsp3) is 0.529. The van der Waals surface area contributed by atoms with E-state index in [1.807, 2.05) is 0 Å². The Balaban J connectivity index is 1.71. The molecule has 0 bridgehead atoms. The zero-order valence-electron chi connectivity index (χ0n) is 12.4. The van der Waals surface area contributed by atoms with E-state index in [4.69, 9.17) is 0 Å². The van der Waals surface area contributed by atoms with Crippen molar-refractivity contribution in [1.82, 2.24) is 4.90 Å². The number of amides is 1. The van der Waals surface area contributed by atoms with Crippen LogP contribution in [0.3, 0.4) is 0 Å². The third kappa shape index (κ3) is 2.98. The summed E-state index contributed by atoms with van der Waals surface area (Å²) in [6.07, 6.45) is 3.97. The highest BCUT2D eigenvalue weighted by atomic mass is 19.1. The summed E-state index contributed by atoms with van der Waals surface area (Å²) in [6, 6.07) is 6.41. The predicted molar refractivity (Wildman–Crippen MR) is 78.5 cm³/mol. The van der Waals surface area contributed by atoms with Gasteiger partial charge in [0.25, 0.3) is 0 Å². The lowest BCUT2D eigenvalue weighted by Crippen LogP contribution is -2.44. The molecular weight excluding hydrogens is 285 g/mol. The number of carboxylic acid groups (broad SMARTS) is 1. The van der Waals surface area contributed by atoms with Crippen LogP contribution in [0.5, 0.6) is 0 Å². The van der Waals surface area contributed by atoms with Crippen molar-refractivity contribution in [3.05, 3.63) is 35.6 Å². The summed E-state index contributed by atoms with van der Waals surface area (Å²) in [7, 11) is 0. The molecule has 0 radical (unpaired) electrons. The molecule has 0 atom stereocenters. The number of carbonyl (C=O) groups excluding carboxylic acids is 1. The lowest BCUT2D eigenvalue weighted by Gasteiger charge is -2.38. The van der Waals surface area contributed by atoms with Crippen LogP contribution >= 0.6 is 0 Å². The van der Waals surface area contributed by atoms with Crippen molar-refractivity contribution in [1.29, 1.82) is 0 Å². The maximum absolute atomic E-state index is 13.3. The van der Waals surface area contributed by atoms with Crippen molar-refractivity contribution in [2.75, 3.05) is 0 Å². The minimum absolute atomic E-state index is 0.0636. The Morgan fingerprint density at radius 2 is 2.05 bits per heavy atom. The van der Waals surface area contributed by atoms with Crippen LogP contribution in [0.25, 0.3) is 0 Å². The molecular formula is C17H20FNO3. The summed E-state index contributed by atoms with van der Waals surface area (Å²) in [6.45, 7) is 0.358. The number of hydrogen-bond acceptors (Lipinski definition) is 2. The van der Waals surface area contributed by atoms with Gasteiger partial charge in [-0.3, -0.25) is 9.59 Å². The smallest absolute Gasteiger partial charge is 0.310 e. The fourth-order valence-electron chi connectivity index (χ4n) is 3.10. The Morgan fingerprint density at radius 1 is 1.32 bits per heavy atom. The quantitative estimate of drug-likeness (QED) is 0.879. The molecule has 2 aliphatic rings. The second-order valence-electron chi connectivity index (χ2n) is 6.50. The lowest BCUT2D eigenvalue weighted by molar-refractivity contribution is -0.159. The second-order valence-corrected chi connectivity index (χ2v) is 6.50. The fourth-order valence-corrected chi connectivity index (χ4v) is 3.10. The molecule has 0 unspecified atom stereocenters. The first-order chi connectivity index (χ1) is 10.5. The molecule has 1 aromatic carbocycles. The molecule has 2 aliphatic carbocycles. The van der Waals surface area contributed by atoms with Gasteiger partial charge in [-0.2, -0.15) is 0 Å². The van der Waals surface area contributed by atoms with Gasteiger partial charge in [-0.15, -0.1) is 0 Å². The molecule has 2 saturated carbocycles. The Labute approximate surface area is 128 Å². The van der Waals surface area contributed by atoms with E-state index >= 15 is 0 Å². The molecule has 0 spiro atoms. The molecule has 5 heteroatoms. The third-order valence-corrected chi connectivity index (χ3v) is 4.80. The van der Waals surface area contributed by atoms with E-state index in [2.05, 4.69) is 0 Å². The van der Waals surface area contributed by atoms with E-state index in [0.717, 1.165) is 24.8 Å². The minimum Gasteiger partial charge on any atom is -0.481 e. The first-order valence-corrected chi connectivity index (χ1v) is 7.77. The highest BCUT2D eigenvalue weighted by Gasteiger charge is 2.47. The van der Waals surface area contributed by atoms with Gasteiger partial charge in [-0.05, 0) is 43.4 Å². The number of hydrogen-bond donors (Lipinski definition) is 1. The molecule has 0 aromatic heterocycles. The van der Waals surface area contributed by atoms with E-state index in [-0.39, 0.29) is 24.2 Å². The van der Waals surface area contributed by atoms with Gasteiger partial charge in [0.15, 0.2) is 0 Å². The van der Waals surface area contributed by atoms with Crippen LogP contribution in [0.15, 0.2) is 24.3 Å². The average Bonchev–Trinajstić information content (AvgIpc) is 3.24. The Bertz CT molecular complexity index is 593. The van der Waals surface area contributed by atoms with Crippen molar-refractivity contribution in [2.45, 2.75) is 51.1 Å². The normalized spacial score (nSPS) is 19.3. The largest absolute Gasteiger partial charge is 0.481 e. The van der Waals surface area contributed by atoms with Crippen LogP contribution in [-0.2, 0) is 16.1 Å². The van der Waals surface area contributed by atoms with Crippen molar-refractivity contribution in [2.24, 2.45) is 5.41 Å². The maximum Gasteiger partial charge on any atom is 0.310 e. The number of nitrogens with zero attached hydrogens (tertiary/aromatic N) is 1. The van der Waals surface area contributed by atoms with Gasteiger partial charge < -0.3 is 10.0 Å². The average molecular weight is 305 g/mol. The number of carbonyl (C=O) groups is 2. The number of carboxylic acids is 1. The number of aliphatic carboxylic acids is 1. The van der Waals surface area contributed by atoms with Gasteiger partial charge >= 0.3 is 5.97 Å². The molecule has 0 heterocycles. The monoisotopic (exact) mass is 305 g/mol. The van der Waals surface area contributed by atoms with Crippen LogP contribution in [0.4, 0.5) is 4.39 Å². The van der Waals surface area contributed by atoms with Crippen LogP contribution in [0, 0.1) is 11.2 Å². The van der Waals surface area contributed by atoms with Crippen LogP contribution < -0.4 is 0 Å². The Kier molecular flexibility index (Phi) is 3.89. The van der Waals surface area contributed by atoms with Crippen molar-refractivity contribution in [3.8, 4) is 0 Å². The summed E-state index contributed by atoms with van der Waals surface area (Å²) in [5.41, 5.74) is -0.121. The van der Waals surface area contributed by atoms with Crippen LogP contribution in [0.2, 0.25) is 0 Å². The zero-order valence-corrected chi connectivity index (χ0v) is 12.4. The van der Waals surface area contributed by atoms with E-state index in [1.54, 1.807) is 17.0 Å². The van der Waals surface area contributed by atoms with Crippen LogP contribution in [0.1, 0.15) is 44.1 Å². The SMILES string of the molecule is O=C(CC1(C(=O)O)CCC1)N(Cc1cccc(F)c1)C1CC1. The molecule has 118 valence electrons. The molecule has 1 aromatic rings. The van der Waals surface area contributed by atoms with Crippen molar-refractivity contribution in [3.63, 3.8) is 0 Å². The lowest BCUT2D eigenvalue weighted by atomic mass is 9.66. The molecule has 2 fully saturated rings. The van der Waals surface area contributed by atoms with Gasteiger partial charge in [-0.25, -0.2) is 4.39 Å². The summed E-state index contributed by atoms with van der Waals surface area (Å²) in [5.74, 6) is -1.30. The van der Waals surface area contributed by atoms with E-state index in [1.165, 1.54) is 12.1 Å². The highest BCUT2D eigenvalue weighted by Crippen LogP contribution is 2.45. The molecule has 3 rings (SSSR count). The summed E-state index contributed by atoms with van der Waals surface area (Å²) >= 11 is 0.